The summed E-state index contributed by atoms with van der Waals surface area (Å²) >= 11 is 1.65. The van der Waals surface area contributed by atoms with Gasteiger partial charge in [0.05, 0.1) is 41.2 Å². The number of carbonyl (C=O) groups is 1. The van der Waals surface area contributed by atoms with E-state index in [1.54, 1.807) is 22.2 Å². The van der Waals surface area contributed by atoms with E-state index in [-0.39, 0.29) is 5.91 Å². The van der Waals surface area contributed by atoms with Crippen molar-refractivity contribution in [3.8, 4) is 16.5 Å². The molecule has 8 nitrogen and oxygen atoms in total. The lowest BCUT2D eigenvalue weighted by atomic mass is 10.1. The van der Waals surface area contributed by atoms with Crippen LogP contribution in [0.2, 0.25) is 0 Å². The minimum Gasteiger partial charge on any atom is -0.379 e. The highest BCUT2D eigenvalue weighted by molar-refractivity contribution is 7.13. The van der Waals surface area contributed by atoms with Crippen molar-refractivity contribution in [3.63, 3.8) is 0 Å². The van der Waals surface area contributed by atoms with Gasteiger partial charge in [0.15, 0.2) is 0 Å². The summed E-state index contributed by atoms with van der Waals surface area (Å²) in [5.74, 6) is 0.791. The largest absolute Gasteiger partial charge is 0.379 e. The maximum atomic E-state index is 13.0. The van der Waals surface area contributed by atoms with E-state index < -0.39 is 0 Å². The number of ether oxygens (including phenoxy) is 1. The van der Waals surface area contributed by atoms with Crippen molar-refractivity contribution in [1.29, 1.82) is 0 Å². The lowest BCUT2D eigenvalue weighted by Gasteiger charge is -2.26. The molecule has 4 heterocycles. The molecule has 32 heavy (non-hydrogen) atoms. The molecule has 1 saturated heterocycles. The zero-order chi connectivity index (χ0) is 21.9. The predicted octanol–water partition coefficient (Wildman–Crippen LogP) is 3.03. The molecule has 0 unspecified atom stereocenters. The summed E-state index contributed by atoms with van der Waals surface area (Å²) in [6.45, 7) is 7.17. The van der Waals surface area contributed by atoms with E-state index in [0.29, 0.717) is 24.0 Å². The summed E-state index contributed by atoms with van der Waals surface area (Å²) in [7, 11) is 0. The van der Waals surface area contributed by atoms with Crippen LogP contribution in [-0.2, 0) is 4.74 Å². The lowest BCUT2D eigenvalue weighted by Crippen LogP contribution is -2.38. The first-order valence-corrected chi connectivity index (χ1v) is 12.1. The Labute approximate surface area is 191 Å². The van der Waals surface area contributed by atoms with E-state index in [2.05, 4.69) is 26.4 Å². The molecular weight excluding hydrogens is 424 g/mol. The van der Waals surface area contributed by atoms with Crippen molar-refractivity contribution < 1.29 is 9.53 Å². The van der Waals surface area contributed by atoms with Crippen LogP contribution in [0.4, 0.5) is 0 Å². The molecule has 168 valence electrons. The Morgan fingerprint density at radius 3 is 2.88 bits per heavy atom. The van der Waals surface area contributed by atoms with Gasteiger partial charge in [-0.05, 0) is 49.7 Å². The lowest BCUT2D eigenvalue weighted by molar-refractivity contribution is 0.0374. The third-order valence-electron chi connectivity index (χ3n) is 5.96. The molecule has 0 bridgehead atoms. The number of aryl methyl sites for hydroxylation is 1. The molecule has 0 radical (unpaired) electrons. The van der Waals surface area contributed by atoms with Crippen LogP contribution >= 0.6 is 11.3 Å². The van der Waals surface area contributed by atoms with Gasteiger partial charge in [-0.25, -0.2) is 14.6 Å². The topological polar surface area (TPSA) is 85.2 Å². The summed E-state index contributed by atoms with van der Waals surface area (Å²) < 4.78 is 7.15. The van der Waals surface area contributed by atoms with E-state index in [1.807, 2.05) is 24.6 Å². The number of thiophene rings is 1. The van der Waals surface area contributed by atoms with Crippen LogP contribution in [0.15, 0.2) is 29.9 Å². The fourth-order valence-corrected chi connectivity index (χ4v) is 4.84. The molecule has 9 heteroatoms. The average Bonchev–Trinajstić information content (AvgIpc) is 3.32. The number of nitrogens with one attached hydrogen (secondary N) is 1. The Morgan fingerprint density at radius 2 is 2.12 bits per heavy atom. The highest BCUT2D eigenvalue weighted by atomic mass is 32.1. The first-order chi connectivity index (χ1) is 15.7. The van der Waals surface area contributed by atoms with Gasteiger partial charge in [0.2, 0.25) is 0 Å². The Hall–Kier alpha value is -2.62. The standard InChI is InChI=1S/C23H28N6O2S/c1-16-14-25-23(27-20(16)19-4-2-13-32-19)29-21(17-5-6-17)18(15-26-29)22(30)24-7-3-8-28-9-11-31-12-10-28/h2,4,13-15,17H,3,5-12H2,1H3,(H,24,30). The van der Waals surface area contributed by atoms with Crippen LogP contribution in [0.3, 0.4) is 0 Å². The fourth-order valence-electron chi connectivity index (χ4n) is 4.06. The number of morpholine rings is 1. The van der Waals surface area contributed by atoms with Gasteiger partial charge in [0.25, 0.3) is 11.9 Å². The van der Waals surface area contributed by atoms with E-state index in [0.717, 1.165) is 73.9 Å². The third-order valence-corrected chi connectivity index (χ3v) is 6.84. The summed E-state index contributed by atoms with van der Waals surface area (Å²) in [5, 5.41) is 9.66. The summed E-state index contributed by atoms with van der Waals surface area (Å²) in [5.41, 5.74) is 3.50. The van der Waals surface area contributed by atoms with Crippen molar-refractivity contribution in [3.05, 3.63) is 46.7 Å². The molecular formula is C23H28N6O2S. The number of aromatic nitrogens is 4. The van der Waals surface area contributed by atoms with Crippen LogP contribution in [0.25, 0.3) is 16.5 Å². The molecule has 2 aliphatic rings. The maximum absolute atomic E-state index is 13.0. The van der Waals surface area contributed by atoms with E-state index in [1.165, 1.54) is 0 Å². The van der Waals surface area contributed by atoms with Crippen LogP contribution in [0.1, 0.15) is 46.8 Å². The summed E-state index contributed by atoms with van der Waals surface area (Å²) in [4.78, 5) is 25.8. The zero-order valence-corrected chi connectivity index (χ0v) is 19.1. The summed E-state index contributed by atoms with van der Waals surface area (Å²) in [6.07, 6.45) is 6.54. The highest BCUT2D eigenvalue weighted by Crippen LogP contribution is 2.42. The SMILES string of the molecule is Cc1cnc(-n2ncc(C(=O)NCCCN3CCOCC3)c2C2CC2)nc1-c1cccs1. The molecule has 1 aliphatic carbocycles. The van der Waals surface area contributed by atoms with Gasteiger partial charge in [-0.2, -0.15) is 5.10 Å². The Morgan fingerprint density at radius 1 is 1.28 bits per heavy atom. The fraction of sp³-hybridized carbons (Fsp3) is 0.478. The van der Waals surface area contributed by atoms with Gasteiger partial charge in [-0.1, -0.05) is 6.07 Å². The molecule has 3 aromatic heterocycles. The Kier molecular flexibility index (Phi) is 6.29. The molecule has 5 rings (SSSR count). The quantitative estimate of drug-likeness (QED) is 0.529. The minimum absolute atomic E-state index is 0.0641. The molecule has 1 saturated carbocycles. The van der Waals surface area contributed by atoms with Gasteiger partial charge in [-0.3, -0.25) is 9.69 Å². The third kappa shape index (κ3) is 4.60. The minimum atomic E-state index is -0.0641. The van der Waals surface area contributed by atoms with Gasteiger partial charge in [0, 0.05) is 31.7 Å². The first-order valence-electron chi connectivity index (χ1n) is 11.2. The Bertz CT molecular complexity index is 1070. The first kappa shape index (κ1) is 21.2. The van der Waals surface area contributed by atoms with E-state index in [4.69, 9.17) is 9.72 Å². The molecule has 0 aromatic carbocycles. The second-order valence-electron chi connectivity index (χ2n) is 8.37. The number of hydrogen-bond donors (Lipinski definition) is 1. The molecule has 2 fully saturated rings. The number of nitrogens with zero attached hydrogens (tertiary/aromatic N) is 5. The molecule has 1 N–H and O–H groups in total. The highest BCUT2D eigenvalue weighted by Gasteiger charge is 2.33. The van der Waals surface area contributed by atoms with Crippen LogP contribution in [0, 0.1) is 6.92 Å². The van der Waals surface area contributed by atoms with Crippen molar-refractivity contribution in [1.82, 2.24) is 30.0 Å². The van der Waals surface area contributed by atoms with Crippen molar-refractivity contribution in [2.75, 3.05) is 39.4 Å². The van der Waals surface area contributed by atoms with Gasteiger partial charge < -0.3 is 10.1 Å². The number of carbonyl (C=O) groups excluding carboxylic acids is 1. The van der Waals surface area contributed by atoms with Crippen LogP contribution < -0.4 is 5.32 Å². The number of amides is 1. The second kappa shape index (κ2) is 9.48. The molecule has 0 atom stereocenters. The zero-order valence-electron chi connectivity index (χ0n) is 18.3. The molecule has 3 aromatic rings. The van der Waals surface area contributed by atoms with Gasteiger partial charge >= 0.3 is 0 Å². The van der Waals surface area contributed by atoms with Crippen molar-refractivity contribution in [2.24, 2.45) is 0 Å². The van der Waals surface area contributed by atoms with Crippen LogP contribution in [-0.4, -0.2) is 69.9 Å². The number of hydrogen-bond acceptors (Lipinski definition) is 7. The van der Waals surface area contributed by atoms with E-state index >= 15 is 0 Å². The normalized spacial score (nSPS) is 16.9. The average molecular weight is 453 g/mol. The van der Waals surface area contributed by atoms with Gasteiger partial charge in [0.1, 0.15) is 0 Å². The smallest absolute Gasteiger partial charge is 0.254 e. The van der Waals surface area contributed by atoms with Crippen LogP contribution in [0.5, 0.6) is 0 Å². The molecule has 1 amide bonds. The predicted molar refractivity (Wildman–Crippen MR) is 123 cm³/mol. The van der Waals surface area contributed by atoms with Crippen molar-refractivity contribution in [2.45, 2.75) is 32.1 Å². The van der Waals surface area contributed by atoms with Gasteiger partial charge in [-0.15, -0.1) is 11.3 Å². The van der Waals surface area contributed by atoms with Crippen molar-refractivity contribution >= 4 is 17.2 Å². The Balaban J connectivity index is 1.31. The summed E-state index contributed by atoms with van der Waals surface area (Å²) in [6, 6.07) is 4.08. The maximum Gasteiger partial charge on any atom is 0.254 e. The number of rotatable bonds is 8. The van der Waals surface area contributed by atoms with E-state index in [9.17, 15) is 4.79 Å². The molecule has 1 aliphatic heterocycles. The second-order valence-corrected chi connectivity index (χ2v) is 9.32. The molecule has 0 spiro atoms. The monoisotopic (exact) mass is 452 g/mol.